The second-order valence-electron chi connectivity index (χ2n) is 30.8. The summed E-state index contributed by atoms with van der Waals surface area (Å²) in [6.07, 6.45) is 0. The molecule has 6 atom stereocenters. The van der Waals surface area contributed by atoms with Gasteiger partial charge in [0.2, 0.25) is 0 Å². The molecule has 0 aliphatic rings. The highest BCUT2D eigenvalue weighted by molar-refractivity contribution is 7.57. The molecule has 0 radical (unpaired) electrons. The van der Waals surface area contributed by atoms with E-state index in [1.807, 2.05) is 108 Å². The molecule has 0 aliphatic carbocycles. The molecule has 12 aromatic carbocycles. The molecular formula is C99H131Cl6FN6O12P6. The Labute approximate surface area is 817 Å². The molecule has 0 saturated carbocycles. The summed E-state index contributed by atoms with van der Waals surface area (Å²) < 4.78 is 44.7. The van der Waals surface area contributed by atoms with Crippen LogP contribution in [0.4, 0.5) is 4.39 Å². The lowest BCUT2D eigenvalue weighted by atomic mass is 10.1. The smallest absolute Gasteiger partial charge is 0.165 e. The van der Waals surface area contributed by atoms with Crippen LogP contribution in [0.5, 0.6) is 69.0 Å². The van der Waals surface area contributed by atoms with Crippen molar-refractivity contribution in [3.05, 3.63) is 286 Å². The van der Waals surface area contributed by atoms with Crippen molar-refractivity contribution >= 4 is 190 Å². The second-order valence-corrected chi connectivity index (χ2v) is 38.7. The van der Waals surface area contributed by atoms with Crippen LogP contribution in [0, 0.1) is 26.6 Å². The van der Waals surface area contributed by atoms with Crippen LogP contribution in [0.15, 0.2) is 231 Å². The maximum absolute atomic E-state index is 13.4. The van der Waals surface area contributed by atoms with Gasteiger partial charge >= 0.3 is 0 Å². The zero-order chi connectivity index (χ0) is 90.5. The van der Waals surface area contributed by atoms with Gasteiger partial charge in [0.1, 0.15) is 40.3 Å². The molecule has 12 rings (SSSR count). The Bertz CT molecular complexity index is 5400. The molecular weight excluding hydrogens is 1880 g/mol. The minimum absolute atomic E-state index is 0. The minimum atomic E-state index is -0.272. The van der Waals surface area contributed by atoms with Crippen molar-refractivity contribution in [3.63, 3.8) is 0 Å². The summed E-state index contributed by atoms with van der Waals surface area (Å²) in [6.45, 7) is 23.9. The van der Waals surface area contributed by atoms with Gasteiger partial charge in [-0.1, -0.05) is 221 Å². The number of methoxy groups -OCH3 is 6. The number of aryl methyl sites for hydroxylation is 3. The Balaban J connectivity index is 0.000000773. The Kier molecular flexibility index (Phi) is 57.3. The van der Waals surface area contributed by atoms with Crippen LogP contribution < -0.4 is 124 Å². The largest absolute Gasteiger partial charge is 0.507 e. The highest BCUT2D eigenvalue weighted by Gasteiger charge is 2.20. The molecule has 130 heavy (non-hydrogen) atoms. The van der Waals surface area contributed by atoms with Gasteiger partial charge in [0.05, 0.1) is 42.7 Å². The molecule has 0 spiro atoms. The van der Waals surface area contributed by atoms with Crippen molar-refractivity contribution in [2.45, 2.75) is 113 Å². The molecule has 18 nitrogen and oxygen atoms in total. The topological polar surface area (TPSA) is 249 Å². The number of ether oxygens (including phenoxy) is 6. The molecule has 0 amide bonds. The number of hydrogen-bond acceptors (Lipinski definition) is 18. The zero-order valence-corrected chi connectivity index (χ0v) is 88.0. The van der Waals surface area contributed by atoms with E-state index in [2.05, 4.69) is 184 Å². The number of hydrogen-bond donors (Lipinski definition) is 12. The fraction of sp³-hybridized carbons (Fsp3) is 0.273. The van der Waals surface area contributed by atoms with Crippen molar-refractivity contribution in [3.8, 4) is 69.0 Å². The SMILES string of the molecule is CC(C)(C)NCc1ccccc1Pc1ccccc1O.CNCc1cc(C)ccc1Pc1cc(OC)ccc1O.CNCc1cc(F)ccc1Pc1cc(OC)cc(OC)c1O.CNCc1cccc(C)c1Pc1cccc(OC)c1O.CNCc1ccccc1Pc1cc(OC)cc(OC)c1O.Cc1cccc(Pc2ccccc2CNC(C)(C)C)c1O.Cl.Cl.Cl.Cl.Cl.Cl. The third-order valence-corrected chi connectivity index (χ3v) is 27.8. The maximum atomic E-state index is 13.4. The summed E-state index contributed by atoms with van der Waals surface area (Å²) in [5, 5.41) is 93.1. The van der Waals surface area contributed by atoms with Crippen LogP contribution in [-0.2, 0) is 39.3 Å². The van der Waals surface area contributed by atoms with E-state index in [9.17, 15) is 35.0 Å². The first-order valence-corrected chi connectivity index (χ1v) is 46.5. The monoisotopic (exact) mass is 2010 g/mol. The van der Waals surface area contributed by atoms with Crippen LogP contribution >= 0.6 is 126 Å². The predicted molar refractivity (Wildman–Crippen MR) is 574 cm³/mol. The average molecular weight is 2010 g/mol. The number of aromatic hydroxyl groups is 6. The van der Waals surface area contributed by atoms with E-state index in [1.54, 1.807) is 77.0 Å². The lowest BCUT2D eigenvalue weighted by molar-refractivity contribution is 0.366. The number of halogens is 7. The summed E-state index contributed by atoms with van der Waals surface area (Å²) >= 11 is 0. The standard InChI is InChI=1S/C18H24NOP.C17H22NOP.C16H19FNO3P.C16H20NO3P.2C16H20NO2P.6ClH/c1-13-8-7-11-16(17(13)20)21-15-10-6-5-9-14(15)12-19-18(2,3)4;1-17(2,3)18-12-13-8-4-6-10-15(13)20-16-11-7-5-9-14(16)19;1-18-9-10-6-11(17)4-5-14(10)22-15-8-12(20-2)7-13(21-3)16(15)19;1-17-10-11-6-4-5-7-14(11)21-15-9-12(19-2)8-13(20-3)16(15)18;1-11-4-7-15(12(8-11)10-17-2)20-16-9-13(19-3)5-6-14(16)18;1-11-6-4-7-12(10-17-2)16(11)20-14-9-5-8-13(19-3)15(14)18;;;;;;/h5-11,19-21H,12H2,1-4H3;4-11,18-20H,12H2,1-3H3;4-8,18-19,22H,9H2,1-3H3;4-9,17-18,21H,10H2,1-3H3;2*4-9,17-18,20H,10H2,1-3H3;6*1H. The summed E-state index contributed by atoms with van der Waals surface area (Å²) in [5.74, 6) is 4.73. The fourth-order valence-electron chi connectivity index (χ4n) is 12.4. The number of benzene rings is 12. The van der Waals surface area contributed by atoms with Gasteiger partial charge in [-0.25, -0.2) is 4.39 Å². The number of para-hydroxylation sites is 3. The van der Waals surface area contributed by atoms with Crippen LogP contribution in [0.1, 0.15) is 91.6 Å². The molecule has 0 heterocycles. The second kappa shape index (κ2) is 61.9. The van der Waals surface area contributed by atoms with Crippen molar-refractivity contribution in [1.82, 2.24) is 31.9 Å². The summed E-state index contributed by atoms with van der Waals surface area (Å²) in [4.78, 5) is 0. The van der Waals surface area contributed by atoms with Gasteiger partial charge in [-0.2, -0.15) is 0 Å². The molecule has 0 aromatic heterocycles. The normalized spacial score (nSPS) is 10.9. The molecule has 12 aromatic rings. The summed E-state index contributed by atoms with van der Waals surface area (Å²) in [5.41, 5.74) is 10.9. The van der Waals surface area contributed by atoms with E-state index in [0.717, 1.165) is 81.4 Å². The highest BCUT2D eigenvalue weighted by atomic mass is 35.5. The van der Waals surface area contributed by atoms with E-state index in [0.29, 0.717) is 101 Å². The van der Waals surface area contributed by atoms with E-state index in [-0.39, 0.29) is 117 Å². The number of phenolic OH excluding ortho intramolecular Hbond substituents is 6. The average Bonchev–Trinajstić information content (AvgIpc) is 0.903. The van der Waals surface area contributed by atoms with E-state index >= 15 is 0 Å². The number of phenols is 6. The number of rotatable bonds is 30. The van der Waals surface area contributed by atoms with E-state index in [4.69, 9.17) is 28.4 Å². The van der Waals surface area contributed by atoms with Crippen LogP contribution in [0.3, 0.4) is 0 Å². The molecule has 0 fully saturated rings. The minimum Gasteiger partial charge on any atom is -0.507 e. The zero-order valence-electron chi connectivity index (χ0n) is 77.1. The van der Waals surface area contributed by atoms with Gasteiger partial charge in [0, 0.05) is 94.3 Å². The lowest BCUT2D eigenvalue weighted by Crippen LogP contribution is -2.36. The quantitative estimate of drug-likeness (QED) is 0.0187. The van der Waals surface area contributed by atoms with Crippen molar-refractivity contribution in [2.75, 3.05) is 70.8 Å². The van der Waals surface area contributed by atoms with E-state index in [1.165, 1.54) is 91.8 Å². The Hall–Kier alpha value is -7.75. The molecule has 0 bridgehead atoms. The summed E-state index contributed by atoms with van der Waals surface area (Å²) in [7, 11) is 19.3. The molecule has 708 valence electrons. The van der Waals surface area contributed by atoms with Gasteiger partial charge in [0.25, 0.3) is 0 Å². The molecule has 31 heteroatoms. The van der Waals surface area contributed by atoms with Gasteiger partial charge in [0.15, 0.2) is 34.5 Å². The van der Waals surface area contributed by atoms with Gasteiger partial charge < -0.3 is 91.0 Å². The molecule has 0 aliphatic heterocycles. The Morgan fingerprint density at radius 3 is 1.09 bits per heavy atom. The number of nitrogens with one attached hydrogen (secondary N) is 6. The van der Waals surface area contributed by atoms with E-state index < -0.39 is 0 Å². The highest BCUT2D eigenvalue weighted by Crippen LogP contribution is 2.36. The first kappa shape index (κ1) is 120. The van der Waals surface area contributed by atoms with Gasteiger partial charge in [-0.05, 0) is 221 Å². The third-order valence-electron chi connectivity index (χ3n) is 19.0. The predicted octanol–water partition coefficient (Wildman–Crippen LogP) is 16.4. The third kappa shape index (κ3) is 39.1. The lowest BCUT2D eigenvalue weighted by Gasteiger charge is -2.22. The molecule has 0 saturated heterocycles. The van der Waals surface area contributed by atoms with Crippen LogP contribution in [-0.4, -0.2) is 113 Å². The first-order valence-electron chi connectivity index (χ1n) is 40.5. The van der Waals surface area contributed by atoms with Crippen molar-refractivity contribution in [1.29, 1.82) is 0 Å². The van der Waals surface area contributed by atoms with Crippen molar-refractivity contribution in [2.24, 2.45) is 0 Å². The fourth-order valence-corrected chi connectivity index (χ4v) is 19.9. The first-order chi connectivity index (χ1) is 59.4. The van der Waals surface area contributed by atoms with Crippen molar-refractivity contribution < 1.29 is 63.5 Å². The van der Waals surface area contributed by atoms with Crippen LogP contribution in [0.25, 0.3) is 0 Å². The Morgan fingerprint density at radius 1 is 0.277 bits per heavy atom. The van der Waals surface area contributed by atoms with Gasteiger partial charge in [-0.3, -0.25) is 0 Å². The molecule has 6 unspecified atom stereocenters. The summed E-state index contributed by atoms with van der Waals surface area (Å²) in [6, 6.07) is 73.9. The van der Waals surface area contributed by atoms with Gasteiger partial charge in [-0.15, -0.1) is 74.4 Å². The van der Waals surface area contributed by atoms with Crippen LogP contribution in [0.2, 0.25) is 0 Å². The Morgan fingerprint density at radius 2 is 0.623 bits per heavy atom. The maximum Gasteiger partial charge on any atom is 0.165 e. The molecule has 12 N–H and O–H groups in total.